The molecular weight excluding hydrogens is 463 g/mol. The fourth-order valence-corrected chi connectivity index (χ4v) is 2.93. The zero-order valence-electron chi connectivity index (χ0n) is 14.7. The van der Waals surface area contributed by atoms with Crippen molar-refractivity contribution in [3.05, 3.63) is 35.6 Å². The summed E-state index contributed by atoms with van der Waals surface area (Å²) in [6, 6.07) is 6.45. The molecule has 1 aromatic rings. The number of nitrogens with one attached hydrogen (secondary N) is 2. The van der Waals surface area contributed by atoms with Gasteiger partial charge in [0.25, 0.3) is 0 Å². The number of aryl methyl sites for hydroxylation is 1. The molecule has 148 valence electrons. The fourth-order valence-electron chi connectivity index (χ4n) is 2.93. The molecule has 1 atom stereocenters. The molecule has 1 fully saturated rings. The van der Waals surface area contributed by atoms with Crippen LogP contribution in [0, 0.1) is 5.82 Å². The Morgan fingerprint density at radius 1 is 1.35 bits per heavy atom. The summed E-state index contributed by atoms with van der Waals surface area (Å²) in [5.74, 6) is 0.339. The van der Waals surface area contributed by atoms with E-state index in [1.165, 1.54) is 17.0 Å². The first kappa shape index (κ1) is 22.9. The molecule has 1 aliphatic rings. The standard InChI is InChI=1S/C17H24F4N4.HI/c1-22-16(23-8-3-5-13-4-2-6-14(18)10-13)24-15-7-9-25(11-15)12-17(19,20)21;/h2,4,6,10,15H,3,5,7-9,11-12H2,1H3,(H2,22,23,24);1H. The highest BCUT2D eigenvalue weighted by molar-refractivity contribution is 14.0. The normalized spacial score (nSPS) is 18.5. The van der Waals surface area contributed by atoms with Crippen LogP contribution in [-0.4, -0.2) is 56.3 Å². The number of benzene rings is 1. The largest absolute Gasteiger partial charge is 0.401 e. The molecule has 0 bridgehead atoms. The van der Waals surface area contributed by atoms with Crippen LogP contribution < -0.4 is 10.6 Å². The summed E-state index contributed by atoms with van der Waals surface area (Å²) in [6.07, 6.45) is -1.97. The molecule has 4 nitrogen and oxygen atoms in total. The molecule has 0 aromatic heterocycles. The predicted octanol–water partition coefficient (Wildman–Crippen LogP) is 3.18. The molecule has 1 saturated heterocycles. The van der Waals surface area contributed by atoms with E-state index in [1.807, 2.05) is 6.07 Å². The number of likely N-dealkylation sites (tertiary alicyclic amines) is 1. The Hall–Kier alpha value is -1.10. The van der Waals surface area contributed by atoms with Gasteiger partial charge in [-0.25, -0.2) is 4.39 Å². The summed E-state index contributed by atoms with van der Waals surface area (Å²) < 4.78 is 50.3. The highest BCUT2D eigenvalue weighted by Gasteiger charge is 2.34. The minimum absolute atomic E-state index is 0. The highest BCUT2D eigenvalue weighted by Crippen LogP contribution is 2.19. The molecule has 2 N–H and O–H groups in total. The van der Waals surface area contributed by atoms with Crippen LogP contribution in [0.4, 0.5) is 17.6 Å². The van der Waals surface area contributed by atoms with Crippen LogP contribution in [0.5, 0.6) is 0 Å². The van der Waals surface area contributed by atoms with E-state index in [2.05, 4.69) is 15.6 Å². The number of halogens is 5. The predicted molar refractivity (Wildman–Crippen MR) is 106 cm³/mol. The minimum Gasteiger partial charge on any atom is -0.356 e. The van der Waals surface area contributed by atoms with Crippen LogP contribution in [0.15, 0.2) is 29.3 Å². The fraction of sp³-hybridized carbons (Fsp3) is 0.588. The van der Waals surface area contributed by atoms with Crippen molar-refractivity contribution in [1.82, 2.24) is 15.5 Å². The first-order valence-electron chi connectivity index (χ1n) is 8.36. The van der Waals surface area contributed by atoms with Crippen molar-refractivity contribution < 1.29 is 17.6 Å². The lowest BCUT2D eigenvalue weighted by molar-refractivity contribution is -0.143. The van der Waals surface area contributed by atoms with Gasteiger partial charge in [-0.1, -0.05) is 12.1 Å². The third kappa shape index (κ3) is 8.52. The molecule has 0 amide bonds. The molecule has 26 heavy (non-hydrogen) atoms. The van der Waals surface area contributed by atoms with Crippen molar-refractivity contribution in [2.45, 2.75) is 31.5 Å². The number of rotatable bonds is 6. The van der Waals surface area contributed by atoms with Crippen molar-refractivity contribution in [2.75, 3.05) is 33.2 Å². The Labute approximate surface area is 168 Å². The van der Waals surface area contributed by atoms with Gasteiger partial charge in [0.1, 0.15) is 5.82 Å². The van der Waals surface area contributed by atoms with Gasteiger partial charge in [-0.15, -0.1) is 24.0 Å². The lowest BCUT2D eigenvalue weighted by atomic mass is 10.1. The Kier molecular flexibility index (Phi) is 9.62. The Balaban J connectivity index is 0.00000338. The molecule has 1 unspecified atom stereocenters. The van der Waals surface area contributed by atoms with Crippen LogP contribution in [0.25, 0.3) is 0 Å². The van der Waals surface area contributed by atoms with Crippen LogP contribution in [0.3, 0.4) is 0 Å². The van der Waals surface area contributed by atoms with E-state index < -0.39 is 12.7 Å². The van der Waals surface area contributed by atoms with E-state index >= 15 is 0 Å². The van der Waals surface area contributed by atoms with Crippen LogP contribution in [-0.2, 0) is 6.42 Å². The van der Waals surface area contributed by atoms with E-state index in [0.29, 0.717) is 32.0 Å². The summed E-state index contributed by atoms with van der Waals surface area (Å²) in [7, 11) is 1.63. The quantitative estimate of drug-likeness (QED) is 0.213. The van der Waals surface area contributed by atoms with Gasteiger partial charge in [0.15, 0.2) is 5.96 Å². The van der Waals surface area contributed by atoms with E-state index in [4.69, 9.17) is 0 Å². The lowest BCUT2D eigenvalue weighted by Crippen LogP contribution is -2.45. The average molecular weight is 488 g/mol. The third-order valence-electron chi connectivity index (χ3n) is 4.06. The SMILES string of the molecule is CN=C(NCCCc1cccc(F)c1)NC1CCN(CC(F)(F)F)C1.I. The van der Waals surface area contributed by atoms with Gasteiger partial charge in [-0.3, -0.25) is 9.89 Å². The van der Waals surface area contributed by atoms with Gasteiger partial charge >= 0.3 is 6.18 Å². The zero-order chi connectivity index (χ0) is 18.3. The van der Waals surface area contributed by atoms with Gasteiger partial charge < -0.3 is 10.6 Å². The number of hydrogen-bond acceptors (Lipinski definition) is 2. The first-order valence-corrected chi connectivity index (χ1v) is 8.36. The molecule has 2 rings (SSSR count). The van der Waals surface area contributed by atoms with Gasteiger partial charge in [0.05, 0.1) is 6.54 Å². The number of aliphatic imine (C=N–C) groups is 1. The Bertz CT molecular complexity index is 580. The van der Waals surface area contributed by atoms with Crippen molar-refractivity contribution in [1.29, 1.82) is 0 Å². The maximum atomic E-state index is 13.1. The third-order valence-corrected chi connectivity index (χ3v) is 4.06. The van der Waals surface area contributed by atoms with Gasteiger partial charge in [-0.2, -0.15) is 13.2 Å². The molecule has 0 aliphatic carbocycles. The number of alkyl halides is 3. The number of nitrogens with zero attached hydrogens (tertiary/aromatic N) is 2. The Morgan fingerprint density at radius 3 is 2.77 bits per heavy atom. The van der Waals surface area contributed by atoms with Crippen LogP contribution >= 0.6 is 24.0 Å². The molecule has 1 heterocycles. The van der Waals surface area contributed by atoms with Crippen molar-refractivity contribution in [3.8, 4) is 0 Å². The van der Waals surface area contributed by atoms with Crippen molar-refractivity contribution in [2.24, 2.45) is 4.99 Å². The smallest absolute Gasteiger partial charge is 0.356 e. The molecule has 9 heteroatoms. The summed E-state index contributed by atoms with van der Waals surface area (Å²) in [4.78, 5) is 5.50. The second kappa shape index (κ2) is 10.9. The topological polar surface area (TPSA) is 39.7 Å². The van der Waals surface area contributed by atoms with Gasteiger partial charge in [0.2, 0.25) is 0 Å². The second-order valence-electron chi connectivity index (χ2n) is 6.21. The van der Waals surface area contributed by atoms with E-state index in [0.717, 1.165) is 18.4 Å². The van der Waals surface area contributed by atoms with E-state index in [-0.39, 0.29) is 35.8 Å². The summed E-state index contributed by atoms with van der Waals surface area (Å²) in [5.41, 5.74) is 0.934. The van der Waals surface area contributed by atoms with Gasteiger partial charge in [0, 0.05) is 32.7 Å². The number of hydrogen-bond donors (Lipinski definition) is 2. The summed E-state index contributed by atoms with van der Waals surface area (Å²) >= 11 is 0. The first-order chi connectivity index (χ1) is 11.9. The molecule has 0 radical (unpaired) electrons. The van der Waals surface area contributed by atoms with Crippen LogP contribution in [0.2, 0.25) is 0 Å². The van der Waals surface area contributed by atoms with E-state index in [1.54, 1.807) is 13.1 Å². The average Bonchev–Trinajstić information content (AvgIpc) is 2.95. The van der Waals surface area contributed by atoms with Gasteiger partial charge in [-0.05, 0) is 37.0 Å². The van der Waals surface area contributed by atoms with Crippen molar-refractivity contribution >= 4 is 29.9 Å². The molecule has 0 saturated carbocycles. The Morgan fingerprint density at radius 2 is 2.12 bits per heavy atom. The lowest BCUT2D eigenvalue weighted by Gasteiger charge is -2.19. The summed E-state index contributed by atoms with van der Waals surface area (Å²) in [6.45, 7) is 0.553. The van der Waals surface area contributed by atoms with Crippen molar-refractivity contribution in [3.63, 3.8) is 0 Å². The number of guanidine groups is 1. The van der Waals surface area contributed by atoms with Crippen LogP contribution in [0.1, 0.15) is 18.4 Å². The summed E-state index contributed by atoms with van der Waals surface area (Å²) in [5, 5.41) is 6.31. The maximum Gasteiger partial charge on any atom is 0.401 e. The minimum atomic E-state index is -4.16. The molecular formula is C17H25F4IN4. The monoisotopic (exact) mass is 488 g/mol. The molecule has 0 spiro atoms. The maximum absolute atomic E-state index is 13.1. The molecule has 1 aromatic carbocycles. The highest BCUT2D eigenvalue weighted by atomic mass is 127. The molecule has 1 aliphatic heterocycles. The second-order valence-corrected chi connectivity index (χ2v) is 6.21. The van der Waals surface area contributed by atoms with E-state index in [9.17, 15) is 17.6 Å². The zero-order valence-corrected chi connectivity index (χ0v) is 17.0.